The normalized spacial score (nSPS) is 19.4. The standard InChI is InChI=1S/C13H21N3O2S/c1-11(14)12-5-3-4-6-13(12)15-7-9-16(10-8-15)19(2,17)18/h3-6,11H,7-10,14H2,1-2H3. The molecule has 1 aliphatic rings. The second-order valence-corrected chi connectivity index (χ2v) is 6.98. The highest BCUT2D eigenvalue weighted by Gasteiger charge is 2.24. The van der Waals surface area contributed by atoms with Gasteiger partial charge >= 0.3 is 0 Å². The summed E-state index contributed by atoms with van der Waals surface area (Å²) in [5.41, 5.74) is 8.21. The lowest BCUT2D eigenvalue weighted by atomic mass is 10.1. The van der Waals surface area contributed by atoms with Crippen LogP contribution in [0.25, 0.3) is 0 Å². The Kier molecular flexibility index (Phi) is 4.13. The van der Waals surface area contributed by atoms with Gasteiger partial charge in [0.1, 0.15) is 0 Å². The minimum atomic E-state index is -3.08. The summed E-state index contributed by atoms with van der Waals surface area (Å²) in [5, 5.41) is 0. The van der Waals surface area contributed by atoms with E-state index in [-0.39, 0.29) is 6.04 Å². The van der Waals surface area contributed by atoms with E-state index in [0.29, 0.717) is 26.2 Å². The van der Waals surface area contributed by atoms with Gasteiger partial charge in [-0.1, -0.05) is 18.2 Å². The number of sulfonamides is 1. The highest BCUT2D eigenvalue weighted by molar-refractivity contribution is 7.88. The molecule has 5 nitrogen and oxygen atoms in total. The van der Waals surface area contributed by atoms with E-state index in [2.05, 4.69) is 11.0 Å². The minimum absolute atomic E-state index is 0.0239. The van der Waals surface area contributed by atoms with Gasteiger partial charge in [-0.3, -0.25) is 0 Å². The summed E-state index contributed by atoms with van der Waals surface area (Å²) in [4.78, 5) is 2.21. The Bertz CT molecular complexity index is 535. The maximum Gasteiger partial charge on any atom is 0.211 e. The van der Waals surface area contributed by atoms with E-state index in [1.54, 1.807) is 0 Å². The van der Waals surface area contributed by atoms with Crippen LogP contribution in [0.2, 0.25) is 0 Å². The summed E-state index contributed by atoms with van der Waals surface area (Å²) < 4.78 is 24.5. The number of hydrogen-bond acceptors (Lipinski definition) is 4. The monoisotopic (exact) mass is 283 g/mol. The first-order valence-corrected chi connectivity index (χ1v) is 8.29. The first-order valence-electron chi connectivity index (χ1n) is 6.44. The molecule has 1 fully saturated rings. The Morgan fingerprint density at radius 3 is 2.26 bits per heavy atom. The molecule has 2 rings (SSSR count). The third kappa shape index (κ3) is 3.26. The van der Waals surface area contributed by atoms with Crippen LogP contribution in [0.15, 0.2) is 24.3 Å². The summed E-state index contributed by atoms with van der Waals surface area (Å²) in [6, 6.07) is 8.03. The zero-order chi connectivity index (χ0) is 14.0. The molecule has 19 heavy (non-hydrogen) atoms. The zero-order valence-electron chi connectivity index (χ0n) is 11.4. The van der Waals surface area contributed by atoms with Crippen LogP contribution in [0.1, 0.15) is 18.5 Å². The van der Waals surface area contributed by atoms with Crippen LogP contribution in [0.5, 0.6) is 0 Å². The van der Waals surface area contributed by atoms with Gasteiger partial charge in [0, 0.05) is 37.9 Å². The predicted molar refractivity (Wildman–Crippen MR) is 77.7 cm³/mol. The Morgan fingerprint density at radius 1 is 1.16 bits per heavy atom. The molecule has 6 heteroatoms. The summed E-state index contributed by atoms with van der Waals surface area (Å²) in [5.74, 6) is 0. The molecular formula is C13H21N3O2S. The highest BCUT2D eigenvalue weighted by Crippen LogP contribution is 2.26. The van der Waals surface area contributed by atoms with E-state index in [1.807, 2.05) is 25.1 Å². The Labute approximate surface area is 115 Å². The van der Waals surface area contributed by atoms with Gasteiger partial charge in [-0.15, -0.1) is 0 Å². The van der Waals surface area contributed by atoms with Gasteiger partial charge in [0.15, 0.2) is 0 Å². The number of para-hydroxylation sites is 1. The molecule has 0 bridgehead atoms. The van der Waals surface area contributed by atoms with Gasteiger partial charge in [-0.2, -0.15) is 4.31 Å². The number of nitrogens with zero attached hydrogens (tertiary/aromatic N) is 2. The average Bonchev–Trinajstić information content (AvgIpc) is 2.38. The molecule has 0 saturated carbocycles. The molecule has 2 N–H and O–H groups in total. The molecule has 1 unspecified atom stereocenters. The van der Waals surface area contributed by atoms with E-state index in [1.165, 1.54) is 10.6 Å². The van der Waals surface area contributed by atoms with E-state index in [4.69, 9.17) is 5.73 Å². The minimum Gasteiger partial charge on any atom is -0.369 e. The van der Waals surface area contributed by atoms with Gasteiger partial charge in [0.2, 0.25) is 10.0 Å². The fraction of sp³-hybridized carbons (Fsp3) is 0.538. The lowest BCUT2D eigenvalue weighted by Gasteiger charge is -2.36. The van der Waals surface area contributed by atoms with Crippen LogP contribution < -0.4 is 10.6 Å². The molecule has 0 aromatic heterocycles. The molecule has 0 radical (unpaired) electrons. The van der Waals surface area contributed by atoms with Crippen molar-refractivity contribution in [3.05, 3.63) is 29.8 Å². The summed E-state index contributed by atoms with van der Waals surface area (Å²) in [6.45, 7) is 4.44. The Hall–Kier alpha value is -1.11. The molecule has 1 aliphatic heterocycles. The SMILES string of the molecule is CC(N)c1ccccc1N1CCN(S(C)(=O)=O)CC1. The summed E-state index contributed by atoms with van der Waals surface area (Å²) in [7, 11) is -3.08. The van der Waals surface area contributed by atoms with E-state index >= 15 is 0 Å². The maximum atomic E-state index is 11.5. The summed E-state index contributed by atoms with van der Waals surface area (Å²) >= 11 is 0. The van der Waals surface area contributed by atoms with E-state index < -0.39 is 10.0 Å². The fourth-order valence-corrected chi connectivity index (χ4v) is 3.25. The lowest BCUT2D eigenvalue weighted by Crippen LogP contribution is -2.48. The molecule has 106 valence electrons. The van der Waals surface area contributed by atoms with Crippen molar-refractivity contribution in [1.29, 1.82) is 0 Å². The van der Waals surface area contributed by atoms with E-state index in [0.717, 1.165) is 11.3 Å². The van der Waals surface area contributed by atoms with Gasteiger partial charge in [0.25, 0.3) is 0 Å². The molecule has 1 heterocycles. The average molecular weight is 283 g/mol. The van der Waals surface area contributed by atoms with Gasteiger partial charge < -0.3 is 10.6 Å². The van der Waals surface area contributed by atoms with E-state index in [9.17, 15) is 8.42 Å². The first-order chi connectivity index (χ1) is 8.89. The second-order valence-electron chi connectivity index (χ2n) is 5.00. The molecule has 1 saturated heterocycles. The van der Waals surface area contributed by atoms with Crippen LogP contribution in [-0.2, 0) is 10.0 Å². The summed E-state index contributed by atoms with van der Waals surface area (Å²) in [6.07, 6.45) is 1.26. The topological polar surface area (TPSA) is 66.6 Å². The Balaban J connectivity index is 2.14. The maximum absolute atomic E-state index is 11.5. The van der Waals surface area contributed by atoms with Gasteiger partial charge in [-0.25, -0.2) is 8.42 Å². The quantitative estimate of drug-likeness (QED) is 0.890. The van der Waals surface area contributed by atoms with Crippen molar-refractivity contribution < 1.29 is 8.42 Å². The fourth-order valence-electron chi connectivity index (χ4n) is 2.42. The van der Waals surface area contributed by atoms with Crippen molar-refractivity contribution in [2.24, 2.45) is 5.73 Å². The largest absolute Gasteiger partial charge is 0.369 e. The smallest absolute Gasteiger partial charge is 0.211 e. The van der Waals surface area contributed by atoms with Gasteiger partial charge in [-0.05, 0) is 18.6 Å². The predicted octanol–water partition coefficient (Wildman–Crippen LogP) is 0.788. The Morgan fingerprint density at radius 2 is 1.74 bits per heavy atom. The van der Waals surface area contributed by atoms with Crippen molar-refractivity contribution in [2.75, 3.05) is 37.3 Å². The third-order valence-corrected chi connectivity index (χ3v) is 4.78. The van der Waals surface area contributed by atoms with Crippen LogP contribution in [0.4, 0.5) is 5.69 Å². The van der Waals surface area contributed by atoms with Crippen LogP contribution in [0.3, 0.4) is 0 Å². The van der Waals surface area contributed by atoms with Crippen molar-refractivity contribution in [1.82, 2.24) is 4.31 Å². The number of rotatable bonds is 3. The van der Waals surface area contributed by atoms with Crippen LogP contribution in [0, 0.1) is 0 Å². The molecular weight excluding hydrogens is 262 g/mol. The van der Waals surface area contributed by atoms with Crippen molar-refractivity contribution in [3.63, 3.8) is 0 Å². The molecule has 0 aliphatic carbocycles. The molecule has 0 amide bonds. The van der Waals surface area contributed by atoms with Crippen molar-refractivity contribution >= 4 is 15.7 Å². The van der Waals surface area contributed by atoms with Crippen LogP contribution in [-0.4, -0.2) is 45.2 Å². The first kappa shape index (κ1) is 14.3. The van der Waals surface area contributed by atoms with Crippen molar-refractivity contribution in [3.8, 4) is 0 Å². The number of piperazine rings is 1. The number of benzene rings is 1. The highest BCUT2D eigenvalue weighted by atomic mass is 32.2. The molecule has 1 aromatic carbocycles. The number of nitrogens with two attached hydrogens (primary N) is 1. The lowest BCUT2D eigenvalue weighted by molar-refractivity contribution is 0.387. The van der Waals surface area contributed by atoms with Gasteiger partial charge in [0.05, 0.1) is 6.26 Å². The molecule has 0 spiro atoms. The molecule has 1 aromatic rings. The third-order valence-electron chi connectivity index (χ3n) is 3.48. The number of hydrogen-bond donors (Lipinski definition) is 1. The number of anilines is 1. The molecule has 1 atom stereocenters. The van der Waals surface area contributed by atoms with Crippen LogP contribution >= 0.6 is 0 Å². The van der Waals surface area contributed by atoms with Crippen molar-refractivity contribution in [2.45, 2.75) is 13.0 Å². The zero-order valence-corrected chi connectivity index (χ0v) is 12.2. The second kappa shape index (κ2) is 5.48.